The van der Waals surface area contributed by atoms with Crippen molar-refractivity contribution in [3.8, 4) is 5.88 Å². The molecule has 3 nitrogen and oxygen atoms in total. The normalized spacial score (nSPS) is 14.7. The van der Waals surface area contributed by atoms with Crippen LogP contribution in [0, 0.1) is 0 Å². The molecule has 0 saturated carbocycles. The molecular formula is C8H8N2O. The van der Waals surface area contributed by atoms with Gasteiger partial charge in [-0.15, -0.1) is 0 Å². The summed E-state index contributed by atoms with van der Waals surface area (Å²) in [4.78, 5) is 4.03. The van der Waals surface area contributed by atoms with Crippen molar-refractivity contribution in [1.29, 1.82) is 0 Å². The van der Waals surface area contributed by atoms with Crippen LogP contribution in [0.5, 0.6) is 5.88 Å². The van der Waals surface area contributed by atoms with E-state index in [0.29, 0.717) is 12.5 Å². The monoisotopic (exact) mass is 148 g/mol. The van der Waals surface area contributed by atoms with Crippen LogP contribution in [0.3, 0.4) is 0 Å². The van der Waals surface area contributed by atoms with Crippen LogP contribution in [-0.4, -0.2) is 11.6 Å². The van der Waals surface area contributed by atoms with Crippen LogP contribution in [0.2, 0.25) is 0 Å². The average molecular weight is 148 g/mol. The van der Waals surface area contributed by atoms with Gasteiger partial charge < -0.3 is 10.5 Å². The molecule has 11 heavy (non-hydrogen) atoms. The van der Waals surface area contributed by atoms with E-state index in [1.807, 2.05) is 18.2 Å². The number of nitrogens with two attached hydrogens (primary N) is 1. The molecule has 0 spiro atoms. The third kappa shape index (κ3) is 0.941. The van der Waals surface area contributed by atoms with E-state index < -0.39 is 0 Å². The fourth-order valence-electron chi connectivity index (χ4n) is 1.05. The second kappa shape index (κ2) is 2.27. The van der Waals surface area contributed by atoms with E-state index >= 15 is 0 Å². The lowest BCUT2D eigenvalue weighted by molar-refractivity contribution is 0.342. The van der Waals surface area contributed by atoms with E-state index in [2.05, 4.69) is 4.98 Å². The number of hydrogen-bond acceptors (Lipinski definition) is 3. The van der Waals surface area contributed by atoms with Crippen molar-refractivity contribution in [1.82, 2.24) is 4.98 Å². The van der Waals surface area contributed by atoms with Gasteiger partial charge in [0.15, 0.2) is 0 Å². The van der Waals surface area contributed by atoms with Gasteiger partial charge in [-0.3, -0.25) is 0 Å². The minimum Gasteiger partial charge on any atom is -0.473 e. The van der Waals surface area contributed by atoms with Gasteiger partial charge in [0.2, 0.25) is 5.88 Å². The van der Waals surface area contributed by atoms with Crippen LogP contribution >= 0.6 is 0 Å². The van der Waals surface area contributed by atoms with Crippen molar-refractivity contribution in [2.45, 2.75) is 0 Å². The first kappa shape index (κ1) is 6.22. The van der Waals surface area contributed by atoms with Gasteiger partial charge in [-0.2, -0.15) is 0 Å². The second-order valence-corrected chi connectivity index (χ2v) is 2.33. The van der Waals surface area contributed by atoms with Crippen LogP contribution in [0.1, 0.15) is 5.56 Å². The van der Waals surface area contributed by atoms with Crippen LogP contribution in [-0.2, 0) is 0 Å². The van der Waals surface area contributed by atoms with E-state index in [-0.39, 0.29) is 0 Å². The highest BCUT2D eigenvalue weighted by Gasteiger charge is 2.10. The molecule has 2 N–H and O–H groups in total. The number of pyridine rings is 1. The highest BCUT2D eigenvalue weighted by molar-refractivity contribution is 5.67. The molecule has 56 valence electrons. The maximum absolute atomic E-state index is 5.69. The molecule has 0 aromatic carbocycles. The van der Waals surface area contributed by atoms with Crippen molar-refractivity contribution in [3.05, 3.63) is 30.0 Å². The van der Waals surface area contributed by atoms with E-state index in [4.69, 9.17) is 10.5 Å². The summed E-state index contributed by atoms with van der Waals surface area (Å²) < 4.78 is 5.23. The maximum atomic E-state index is 5.69. The lowest BCUT2D eigenvalue weighted by Crippen LogP contribution is -2.10. The molecule has 0 amide bonds. The SMILES string of the molecule is NC1=CCOc2ncccc21. The van der Waals surface area contributed by atoms with Gasteiger partial charge in [-0.1, -0.05) is 0 Å². The first-order chi connectivity index (χ1) is 5.38. The summed E-state index contributed by atoms with van der Waals surface area (Å²) in [7, 11) is 0. The minimum atomic E-state index is 0.524. The van der Waals surface area contributed by atoms with E-state index in [1.165, 1.54) is 0 Å². The highest BCUT2D eigenvalue weighted by atomic mass is 16.5. The van der Waals surface area contributed by atoms with Gasteiger partial charge in [0, 0.05) is 11.9 Å². The summed E-state index contributed by atoms with van der Waals surface area (Å²) in [6.45, 7) is 0.524. The van der Waals surface area contributed by atoms with Gasteiger partial charge >= 0.3 is 0 Å². The van der Waals surface area contributed by atoms with Crippen molar-refractivity contribution in [2.75, 3.05) is 6.61 Å². The summed E-state index contributed by atoms with van der Waals surface area (Å²) in [5, 5.41) is 0. The average Bonchev–Trinajstić information content (AvgIpc) is 2.06. The summed E-state index contributed by atoms with van der Waals surface area (Å²) in [5.74, 6) is 0.632. The van der Waals surface area contributed by atoms with E-state index in [0.717, 1.165) is 11.3 Å². The Morgan fingerprint density at radius 2 is 2.45 bits per heavy atom. The molecule has 0 saturated heterocycles. The van der Waals surface area contributed by atoms with Crippen molar-refractivity contribution in [3.63, 3.8) is 0 Å². The molecule has 1 aromatic heterocycles. The molecule has 2 rings (SSSR count). The first-order valence-corrected chi connectivity index (χ1v) is 3.42. The second-order valence-electron chi connectivity index (χ2n) is 2.33. The third-order valence-corrected chi connectivity index (χ3v) is 1.61. The molecule has 1 aliphatic rings. The number of fused-ring (bicyclic) bond motifs is 1. The van der Waals surface area contributed by atoms with Crippen LogP contribution < -0.4 is 10.5 Å². The van der Waals surface area contributed by atoms with Crippen molar-refractivity contribution >= 4 is 5.70 Å². The third-order valence-electron chi connectivity index (χ3n) is 1.61. The molecule has 2 heterocycles. The standard InChI is InChI=1S/C8H8N2O/c9-7-3-5-11-8-6(7)2-1-4-10-8/h1-4H,5,9H2. The molecule has 3 heteroatoms. The molecule has 0 unspecified atom stereocenters. The lowest BCUT2D eigenvalue weighted by atomic mass is 10.2. The van der Waals surface area contributed by atoms with Gasteiger partial charge in [0.25, 0.3) is 0 Å². The molecular weight excluding hydrogens is 140 g/mol. The fraction of sp³-hybridized carbons (Fsp3) is 0.125. The molecule has 1 aliphatic heterocycles. The van der Waals surface area contributed by atoms with Gasteiger partial charge in [0.1, 0.15) is 6.61 Å². The quantitative estimate of drug-likeness (QED) is 0.591. The Morgan fingerprint density at radius 3 is 3.27 bits per heavy atom. The minimum absolute atomic E-state index is 0.524. The van der Waals surface area contributed by atoms with Crippen molar-refractivity contribution in [2.24, 2.45) is 5.73 Å². The van der Waals surface area contributed by atoms with E-state index in [1.54, 1.807) is 6.20 Å². The van der Waals surface area contributed by atoms with Crippen LogP contribution in [0.15, 0.2) is 24.4 Å². The molecule has 0 atom stereocenters. The zero-order valence-corrected chi connectivity index (χ0v) is 5.95. The Bertz CT molecular complexity index is 307. The Balaban J connectivity index is 2.56. The smallest absolute Gasteiger partial charge is 0.223 e. The summed E-state index contributed by atoms with van der Waals surface area (Å²) in [5.41, 5.74) is 7.32. The van der Waals surface area contributed by atoms with Crippen LogP contribution in [0.4, 0.5) is 0 Å². The Hall–Kier alpha value is -1.51. The zero-order chi connectivity index (χ0) is 7.68. The number of ether oxygens (including phenoxy) is 1. The topological polar surface area (TPSA) is 48.1 Å². The highest BCUT2D eigenvalue weighted by Crippen LogP contribution is 2.22. The number of nitrogens with zero attached hydrogens (tertiary/aromatic N) is 1. The molecule has 0 aliphatic carbocycles. The number of hydrogen-bond donors (Lipinski definition) is 1. The molecule has 0 fully saturated rings. The largest absolute Gasteiger partial charge is 0.473 e. The van der Waals surface area contributed by atoms with Gasteiger partial charge in [-0.05, 0) is 18.2 Å². The fourth-order valence-corrected chi connectivity index (χ4v) is 1.05. The first-order valence-electron chi connectivity index (χ1n) is 3.42. The number of rotatable bonds is 0. The summed E-state index contributed by atoms with van der Waals surface area (Å²) in [6, 6.07) is 3.74. The predicted molar refractivity (Wildman–Crippen MR) is 41.9 cm³/mol. The molecule has 0 bridgehead atoms. The number of aromatic nitrogens is 1. The Morgan fingerprint density at radius 1 is 1.55 bits per heavy atom. The van der Waals surface area contributed by atoms with Gasteiger partial charge in [0.05, 0.1) is 5.56 Å². The Labute approximate surface area is 64.5 Å². The summed E-state index contributed by atoms with van der Waals surface area (Å²) >= 11 is 0. The Kier molecular flexibility index (Phi) is 1.28. The predicted octanol–water partition coefficient (Wildman–Crippen LogP) is 0.774. The summed E-state index contributed by atoms with van der Waals surface area (Å²) in [6.07, 6.45) is 3.53. The van der Waals surface area contributed by atoms with E-state index in [9.17, 15) is 0 Å². The van der Waals surface area contributed by atoms with Crippen LogP contribution in [0.25, 0.3) is 5.70 Å². The molecule has 1 aromatic rings. The lowest BCUT2D eigenvalue weighted by Gasteiger charge is -2.13. The van der Waals surface area contributed by atoms with Gasteiger partial charge in [-0.25, -0.2) is 4.98 Å². The van der Waals surface area contributed by atoms with Crippen molar-refractivity contribution < 1.29 is 4.74 Å². The maximum Gasteiger partial charge on any atom is 0.223 e. The zero-order valence-electron chi connectivity index (χ0n) is 5.95. The molecule has 0 radical (unpaired) electrons.